The molecule has 134 valence electrons. The van der Waals surface area contributed by atoms with Crippen molar-refractivity contribution in [2.45, 2.75) is 65.0 Å². The van der Waals surface area contributed by atoms with E-state index in [1.54, 1.807) is 4.90 Å². The first-order chi connectivity index (χ1) is 11.3. The lowest BCUT2D eigenvalue weighted by atomic mass is 9.97. The van der Waals surface area contributed by atoms with Crippen molar-refractivity contribution >= 4 is 6.09 Å². The van der Waals surface area contributed by atoms with Crippen molar-refractivity contribution in [3.8, 4) is 0 Å². The maximum Gasteiger partial charge on any atom is 0.412 e. The molecule has 1 heterocycles. The Morgan fingerprint density at radius 1 is 1.33 bits per heavy atom. The standard InChI is InChI=1S/C19H29NO4/c1-14(2)12-16-17(10-11-21)24-19(3,4)20(16)18(22)23-13-15-8-6-5-7-9-15/h5-9,14,16-17,21H,10-13H2,1-4H3/t16-,17-/m0/s1. The Morgan fingerprint density at radius 3 is 2.58 bits per heavy atom. The van der Waals surface area contributed by atoms with Gasteiger partial charge >= 0.3 is 6.09 Å². The molecule has 1 fully saturated rings. The Labute approximate surface area is 144 Å². The lowest BCUT2D eigenvalue weighted by Crippen LogP contribution is -2.49. The average Bonchev–Trinajstić information content (AvgIpc) is 2.76. The van der Waals surface area contributed by atoms with Gasteiger partial charge in [0, 0.05) is 6.61 Å². The molecule has 1 N–H and O–H groups in total. The monoisotopic (exact) mass is 335 g/mol. The van der Waals surface area contributed by atoms with Crippen molar-refractivity contribution in [2.75, 3.05) is 6.61 Å². The minimum atomic E-state index is -0.743. The van der Waals surface area contributed by atoms with E-state index < -0.39 is 5.72 Å². The first-order valence-corrected chi connectivity index (χ1v) is 8.64. The van der Waals surface area contributed by atoms with Gasteiger partial charge in [0.2, 0.25) is 0 Å². The predicted octanol–water partition coefficient (Wildman–Crippen LogP) is 3.56. The van der Waals surface area contributed by atoms with Gasteiger partial charge in [-0.05, 0) is 38.2 Å². The maximum absolute atomic E-state index is 12.7. The summed E-state index contributed by atoms with van der Waals surface area (Å²) < 4.78 is 11.6. The Hall–Kier alpha value is -1.59. The highest BCUT2D eigenvalue weighted by Gasteiger charge is 2.50. The van der Waals surface area contributed by atoms with Crippen LogP contribution in [0.5, 0.6) is 0 Å². The molecule has 0 spiro atoms. The Morgan fingerprint density at radius 2 is 2.00 bits per heavy atom. The molecule has 0 radical (unpaired) electrons. The van der Waals surface area contributed by atoms with Crippen LogP contribution in [0.15, 0.2) is 30.3 Å². The molecular weight excluding hydrogens is 306 g/mol. The highest BCUT2D eigenvalue weighted by molar-refractivity contribution is 5.69. The van der Waals surface area contributed by atoms with Crippen LogP contribution in [0.3, 0.4) is 0 Å². The summed E-state index contributed by atoms with van der Waals surface area (Å²) in [6.07, 6.45) is 0.796. The molecular formula is C19H29NO4. The Bertz CT molecular complexity index is 529. The van der Waals surface area contributed by atoms with Gasteiger partial charge in [-0.2, -0.15) is 0 Å². The van der Waals surface area contributed by atoms with Gasteiger partial charge in [0.25, 0.3) is 0 Å². The van der Waals surface area contributed by atoms with Gasteiger partial charge in [0.1, 0.15) is 12.3 Å². The maximum atomic E-state index is 12.7. The molecule has 24 heavy (non-hydrogen) atoms. The van der Waals surface area contributed by atoms with Gasteiger partial charge < -0.3 is 14.6 Å². The summed E-state index contributed by atoms with van der Waals surface area (Å²) in [7, 11) is 0. The average molecular weight is 335 g/mol. The number of amides is 1. The van der Waals surface area contributed by atoms with E-state index in [0.29, 0.717) is 12.3 Å². The molecule has 1 amide bonds. The van der Waals surface area contributed by atoms with Gasteiger partial charge in [-0.3, -0.25) is 4.90 Å². The molecule has 1 saturated heterocycles. The van der Waals surface area contributed by atoms with Crippen LogP contribution in [0, 0.1) is 5.92 Å². The summed E-state index contributed by atoms with van der Waals surface area (Å²) >= 11 is 0. The molecule has 1 aliphatic rings. The smallest absolute Gasteiger partial charge is 0.412 e. The van der Waals surface area contributed by atoms with Gasteiger partial charge in [-0.15, -0.1) is 0 Å². The van der Waals surface area contributed by atoms with E-state index in [2.05, 4.69) is 13.8 Å². The van der Waals surface area contributed by atoms with E-state index in [-0.39, 0.29) is 31.5 Å². The number of benzene rings is 1. The number of carbonyl (C=O) groups is 1. The zero-order valence-electron chi connectivity index (χ0n) is 15.1. The second kappa shape index (κ2) is 7.99. The Kier molecular flexibility index (Phi) is 6.24. The van der Waals surface area contributed by atoms with Crippen LogP contribution >= 0.6 is 0 Å². The third-order valence-corrected chi connectivity index (χ3v) is 4.31. The third kappa shape index (κ3) is 4.48. The van der Waals surface area contributed by atoms with Crippen LogP contribution < -0.4 is 0 Å². The van der Waals surface area contributed by atoms with Crippen LogP contribution in [0.4, 0.5) is 4.79 Å². The molecule has 0 unspecified atom stereocenters. The normalized spacial score (nSPS) is 22.8. The minimum Gasteiger partial charge on any atom is -0.444 e. The second-order valence-electron chi connectivity index (χ2n) is 7.22. The highest BCUT2D eigenvalue weighted by Crippen LogP contribution is 2.37. The van der Waals surface area contributed by atoms with Gasteiger partial charge in [0.05, 0.1) is 12.1 Å². The van der Waals surface area contributed by atoms with Crippen LogP contribution in [0.1, 0.15) is 46.1 Å². The van der Waals surface area contributed by atoms with E-state index in [1.807, 2.05) is 44.2 Å². The Balaban J connectivity index is 2.11. The number of rotatable bonds is 6. The zero-order chi connectivity index (χ0) is 17.7. The van der Waals surface area contributed by atoms with Gasteiger partial charge in [0.15, 0.2) is 0 Å². The number of ether oxygens (including phenoxy) is 2. The SMILES string of the molecule is CC(C)C[C@H]1[C@H](CCO)OC(C)(C)N1C(=O)OCc1ccccc1. The third-order valence-electron chi connectivity index (χ3n) is 4.31. The largest absolute Gasteiger partial charge is 0.444 e. The lowest BCUT2D eigenvalue weighted by Gasteiger charge is -2.33. The molecule has 0 saturated carbocycles. The molecule has 0 aliphatic carbocycles. The van der Waals surface area contributed by atoms with Crippen LogP contribution in [0.2, 0.25) is 0 Å². The second-order valence-corrected chi connectivity index (χ2v) is 7.22. The quantitative estimate of drug-likeness (QED) is 0.863. The van der Waals surface area contributed by atoms with Crippen molar-refractivity contribution in [3.63, 3.8) is 0 Å². The number of carbonyl (C=O) groups excluding carboxylic acids is 1. The summed E-state index contributed by atoms with van der Waals surface area (Å²) in [5, 5.41) is 9.31. The lowest BCUT2D eigenvalue weighted by molar-refractivity contribution is -0.0741. The number of aliphatic hydroxyl groups excluding tert-OH is 1. The molecule has 0 aromatic heterocycles. The molecule has 5 nitrogen and oxygen atoms in total. The van der Waals surface area contributed by atoms with Crippen molar-refractivity contribution < 1.29 is 19.4 Å². The summed E-state index contributed by atoms with van der Waals surface area (Å²) in [6.45, 7) is 8.28. The molecule has 5 heteroatoms. The fraction of sp³-hybridized carbons (Fsp3) is 0.632. The van der Waals surface area contributed by atoms with Crippen LogP contribution in [-0.2, 0) is 16.1 Å². The summed E-state index contributed by atoms with van der Waals surface area (Å²) in [6, 6.07) is 9.55. The topological polar surface area (TPSA) is 59.0 Å². The molecule has 0 bridgehead atoms. The fourth-order valence-electron chi connectivity index (χ4n) is 3.33. The van der Waals surface area contributed by atoms with Crippen LogP contribution in [-0.4, -0.2) is 40.6 Å². The summed E-state index contributed by atoms with van der Waals surface area (Å²) in [5.74, 6) is 0.415. The molecule has 2 rings (SSSR count). The van der Waals surface area contributed by atoms with E-state index in [9.17, 15) is 9.90 Å². The number of aliphatic hydroxyl groups is 1. The molecule has 1 aromatic rings. The fourth-order valence-corrected chi connectivity index (χ4v) is 3.33. The van der Waals surface area contributed by atoms with Crippen LogP contribution in [0.25, 0.3) is 0 Å². The van der Waals surface area contributed by atoms with E-state index in [0.717, 1.165) is 12.0 Å². The van der Waals surface area contributed by atoms with E-state index in [4.69, 9.17) is 9.47 Å². The summed E-state index contributed by atoms with van der Waals surface area (Å²) in [4.78, 5) is 14.4. The van der Waals surface area contributed by atoms with Crippen molar-refractivity contribution in [1.29, 1.82) is 0 Å². The van der Waals surface area contributed by atoms with Gasteiger partial charge in [-0.1, -0.05) is 44.2 Å². The molecule has 2 atom stereocenters. The van der Waals surface area contributed by atoms with Crippen molar-refractivity contribution in [2.24, 2.45) is 5.92 Å². The van der Waals surface area contributed by atoms with Crippen molar-refractivity contribution in [1.82, 2.24) is 4.90 Å². The number of hydrogen-bond donors (Lipinski definition) is 1. The highest BCUT2D eigenvalue weighted by atomic mass is 16.6. The molecule has 1 aromatic carbocycles. The molecule has 1 aliphatic heterocycles. The minimum absolute atomic E-state index is 0.0439. The number of nitrogens with zero attached hydrogens (tertiary/aromatic N) is 1. The predicted molar refractivity (Wildman–Crippen MR) is 92.4 cm³/mol. The van der Waals surface area contributed by atoms with Gasteiger partial charge in [-0.25, -0.2) is 4.79 Å². The first kappa shape index (κ1) is 18.7. The number of hydrogen-bond acceptors (Lipinski definition) is 4. The van der Waals surface area contributed by atoms with E-state index in [1.165, 1.54) is 0 Å². The zero-order valence-corrected chi connectivity index (χ0v) is 15.1. The first-order valence-electron chi connectivity index (χ1n) is 8.64. The van der Waals surface area contributed by atoms with E-state index >= 15 is 0 Å². The van der Waals surface area contributed by atoms with Crippen molar-refractivity contribution in [3.05, 3.63) is 35.9 Å². The summed E-state index contributed by atoms with van der Waals surface area (Å²) in [5.41, 5.74) is 0.212.